The Bertz CT molecular complexity index is 1720. The van der Waals surface area contributed by atoms with Gasteiger partial charge in [-0.1, -0.05) is 54.6 Å². The van der Waals surface area contributed by atoms with E-state index in [0.717, 1.165) is 16.7 Å². The fourth-order valence-electron chi connectivity index (χ4n) is 5.26. The second kappa shape index (κ2) is 14.5. The highest BCUT2D eigenvalue weighted by molar-refractivity contribution is 7.51. The molecule has 3 aromatic carbocycles. The van der Waals surface area contributed by atoms with Gasteiger partial charge in [0.25, 0.3) is 0 Å². The van der Waals surface area contributed by atoms with E-state index < -0.39 is 50.0 Å². The fraction of sp³-hybridized carbons (Fsp3) is 0.281. The van der Waals surface area contributed by atoms with E-state index in [9.17, 15) is 19.0 Å². The minimum Gasteiger partial charge on any atom is -0.497 e. The molecule has 4 aromatic rings. The van der Waals surface area contributed by atoms with Gasteiger partial charge in [-0.15, -0.1) is 0 Å². The predicted molar refractivity (Wildman–Crippen MR) is 172 cm³/mol. The number of nitrogen functional groups attached to an aromatic ring is 1. The molecule has 0 bridgehead atoms. The van der Waals surface area contributed by atoms with E-state index in [1.165, 1.54) is 16.8 Å². The maximum atomic E-state index is 13.5. The number of benzene rings is 3. The van der Waals surface area contributed by atoms with Crippen molar-refractivity contribution in [2.75, 3.05) is 33.2 Å². The molecule has 15 heteroatoms. The van der Waals surface area contributed by atoms with Crippen molar-refractivity contribution in [3.05, 3.63) is 118 Å². The second-order valence-corrected chi connectivity index (χ2v) is 12.1. The Morgan fingerprint density at radius 1 is 1.02 bits per heavy atom. The number of hydrogen-bond donors (Lipinski definition) is 4. The van der Waals surface area contributed by atoms with Crippen molar-refractivity contribution in [2.24, 2.45) is 0 Å². The number of ether oxygens (including phenoxy) is 4. The van der Waals surface area contributed by atoms with Crippen LogP contribution in [0.4, 0.5) is 5.82 Å². The molecule has 0 spiro atoms. The molecule has 1 saturated heterocycles. The highest BCUT2D eigenvalue weighted by Crippen LogP contribution is 2.40. The predicted octanol–water partition coefficient (Wildman–Crippen LogP) is 2.92. The largest absolute Gasteiger partial charge is 0.497 e. The van der Waals surface area contributed by atoms with E-state index in [1.54, 1.807) is 21.1 Å². The zero-order valence-corrected chi connectivity index (χ0v) is 26.8. The van der Waals surface area contributed by atoms with Crippen LogP contribution < -0.4 is 31.3 Å². The number of nitrogens with two attached hydrogens (primary N) is 1. The number of nitrogens with zero attached hydrogens (tertiary/aromatic N) is 2. The summed E-state index contributed by atoms with van der Waals surface area (Å²) in [5, 5.41) is 5.54. The summed E-state index contributed by atoms with van der Waals surface area (Å²) >= 11 is 0. The Labute approximate surface area is 271 Å². The molecule has 1 amide bonds. The number of carbonyl (C=O) groups excluding carboxylic acids is 1. The van der Waals surface area contributed by atoms with Crippen molar-refractivity contribution in [3.63, 3.8) is 0 Å². The van der Waals surface area contributed by atoms with Gasteiger partial charge in [0, 0.05) is 6.20 Å². The lowest BCUT2D eigenvalue weighted by Gasteiger charge is -2.39. The zero-order valence-electron chi connectivity index (χ0n) is 25.9. The number of hydrogen-bond acceptors (Lipinski definition) is 11. The molecule has 14 nitrogen and oxygen atoms in total. The van der Waals surface area contributed by atoms with Gasteiger partial charge in [0.05, 0.1) is 32.4 Å². The Kier molecular flexibility index (Phi) is 10.4. The van der Waals surface area contributed by atoms with Gasteiger partial charge in [-0.2, -0.15) is 4.98 Å². The normalized spacial score (nSPS) is 18.2. The van der Waals surface area contributed by atoms with Crippen LogP contribution in [0.5, 0.6) is 11.5 Å². The monoisotopic (exact) mass is 665 g/mol. The topological polar surface area (TPSA) is 185 Å². The van der Waals surface area contributed by atoms with Crippen LogP contribution in [0.25, 0.3) is 0 Å². The maximum Gasteiger partial charge on any atom is 0.432 e. The number of anilines is 1. The Morgan fingerprint density at radius 2 is 1.60 bits per heavy atom. The summed E-state index contributed by atoms with van der Waals surface area (Å²) < 4.78 is 41.2. The first-order valence-electron chi connectivity index (χ1n) is 14.6. The summed E-state index contributed by atoms with van der Waals surface area (Å²) in [5.74, 6) is 0.546. The van der Waals surface area contributed by atoms with Crippen LogP contribution in [-0.4, -0.2) is 60.1 Å². The molecule has 1 fully saturated rings. The average molecular weight is 666 g/mol. The summed E-state index contributed by atoms with van der Waals surface area (Å²) in [6.07, 6.45) is -0.530. The first-order chi connectivity index (χ1) is 22.5. The van der Waals surface area contributed by atoms with Gasteiger partial charge >= 0.3 is 13.4 Å². The molecule has 1 aromatic heterocycles. The summed E-state index contributed by atoms with van der Waals surface area (Å²) in [7, 11) is -1.55. The van der Waals surface area contributed by atoms with Gasteiger partial charge in [0.1, 0.15) is 23.9 Å². The van der Waals surface area contributed by atoms with Crippen molar-refractivity contribution in [3.8, 4) is 11.5 Å². The first-order valence-corrected chi connectivity index (χ1v) is 16.2. The number of nitrogens with one attached hydrogen (secondary N) is 2. The molecule has 0 aliphatic carbocycles. The van der Waals surface area contributed by atoms with Gasteiger partial charge in [-0.05, 0) is 53.9 Å². The van der Waals surface area contributed by atoms with Crippen LogP contribution in [0.1, 0.15) is 29.8 Å². The maximum absolute atomic E-state index is 13.5. The summed E-state index contributed by atoms with van der Waals surface area (Å²) in [6.45, 7) is 1.03. The molecular formula is C32H36N5O9P. The second-order valence-electron chi connectivity index (χ2n) is 10.6. The molecule has 5 rings (SSSR count). The molecule has 4 atom stereocenters. The third-order valence-corrected chi connectivity index (χ3v) is 8.61. The van der Waals surface area contributed by atoms with E-state index in [1.807, 2.05) is 78.9 Å². The average Bonchev–Trinajstić information content (AvgIpc) is 3.55. The highest BCUT2D eigenvalue weighted by atomic mass is 31.2. The summed E-state index contributed by atoms with van der Waals surface area (Å²) in [5.41, 5.74) is 6.14. The molecule has 5 N–H and O–H groups in total. The van der Waals surface area contributed by atoms with Crippen LogP contribution in [0, 0.1) is 0 Å². The number of aromatic nitrogens is 2. The van der Waals surface area contributed by atoms with Gasteiger partial charge in [0.2, 0.25) is 5.91 Å². The van der Waals surface area contributed by atoms with E-state index in [2.05, 4.69) is 15.4 Å². The van der Waals surface area contributed by atoms with Gasteiger partial charge < -0.3 is 29.6 Å². The molecule has 248 valence electrons. The standard InChI is InChI=1S/C32H36N5O9P/c1-21(30(38)36-47(40,41)45-20-29-44-19-28(46-29)37-18-17-27(33)34-31(37)39)35-32(22-7-5-4-6-8-22,23-9-13-25(42-2)14-10-23)24-11-15-26(43-3)16-12-24/h4-18,21,28-29,35H,19-20H2,1-3H3,(H2,33,34,39)(H2,36,38,40,41)/t21-,28-,29-/m0/s1. The van der Waals surface area contributed by atoms with Crippen molar-refractivity contribution in [1.82, 2.24) is 20.0 Å². The Morgan fingerprint density at radius 3 is 2.15 bits per heavy atom. The van der Waals surface area contributed by atoms with Crippen molar-refractivity contribution in [2.45, 2.75) is 31.0 Å². The van der Waals surface area contributed by atoms with E-state index >= 15 is 0 Å². The molecule has 47 heavy (non-hydrogen) atoms. The highest BCUT2D eigenvalue weighted by Gasteiger charge is 2.40. The van der Waals surface area contributed by atoms with Crippen LogP contribution in [0.2, 0.25) is 0 Å². The number of carbonyl (C=O) groups is 1. The fourth-order valence-corrected chi connectivity index (χ4v) is 6.12. The minimum absolute atomic E-state index is 0.0408. The molecule has 0 radical (unpaired) electrons. The lowest BCUT2D eigenvalue weighted by Crippen LogP contribution is -2.53. The third kappa shape index (κ3) is 7.71. The molecule has 1 aliphatic heterocycles. The minimum atomic E-state index is -4.70. The summed E-state index contributed by atoms with van der Waals surface area (Å²) in [6, 6.07) is 24.7. The van der Waals surface area contributed by atoms with E-state index in [4.69, 9.17) is 29.2 Å². The molecule has 1 unspecified atom stereocenters. The van der Waals surface area contributed by atoms with Gasteiger partial charge in [-0.3, -0.25) is 24.3 Å². The van der Waals surface area contributed by atoms with Crippen molar-refractivity contribution < 1.29 is 37.7 Å². The SMILES string of the molecule is COc1ccc(C(N[C@@H](C)C(=O)NP(=O)(O)OC[C@H]2OC[C@@H](n3ccc(N)nc3=O)O2)(c2ccccc2)c2ccc(OC)cc2)cc1. The quantitative estimate of drug-likeness (QED) is 0.121. The smallest absolute Gasteiger partial charge is 0.432 e. The van der Waals surface area contributed by atoms with Crippen LogP contribution in [-0.2, 0) is 28.9 Å². The van der Waals surface area contributed by atoms with Gasteiger partial charge in [-0.25, -0.2) is 9.36 Å². The van der Waals surface area contributed by atoms with E-state index in [-0.39, 0.29) is 12.4 Å². The lowest BCUT2D eigenvalue weighted by atomic mass is 9.76. The zero-order chi connectivity index (χ0) is 33.6. The van der Waals surface area contributed by atoms with Crippen LogP contribution in [0.3, 0.4) is 0 Å². The lowest BCUT2D eigenvalue weighted by molar-refractivity contribution is -0.122. The number of amides is 1. The first kappa shape index (κ1) is 33.8. The van der Waals surface area contributed by atoms with Crippen molar-refractivity contribution >= 4 is 19.5 Å². The number of methoxy groups -OCH3 is 2. The Hall–Kier alpha value is -4.56. The molecule has 0 saturated carbocycles. The van der Waals surface area contributed by atoms with E-state index in [0.29, 0.717) is 11.5 Å². The van der Waals surface area contributed by atoms with Crippen LogP contribution in [0.15, 0.2) is 95.9 Å². The Balaban J connectivity index is 1.34. The third-order valence-electron chi connectivity index (χ3n) is 7.61. The molecular weight excluding hydrogens is 629 g/mol. The summed E-state index contributed by atoms with van der Waals surface area (Å²) in [4.78, 5) is 39.8. The van der Waals surface area contributed by atoms with Crippen LogP contribution >= 0.6 is 7.75 Å². The molecule has 2 heterocycles. The van der Waals surface area contributed by atoms with Gasteiger partial charge in [0.15, 0.2) is 12.5 Å². The van der Waals surface area contributed by atoms with Crippen molar-refractivity contribution in [1.29, 1.82) is 0 Å². The molecule has 1 aliphatic rings. The number of rotatable bonds is 13.